The minimum Gasteiger partial charge on any atom is -0.383 e. The van der Waals surface area contributed by atoms with Crippen LogP contribution >= 0.6 is 15.9 Å². The molecule has 0 radical (unpaired) electrons. The predicted octanol–water partition coefficient (Wildman–Crippen LogP) is 1.04. The standard InChI is InChI=1S/C10H16BrN3O2/c1-8(10(15)12-3-4-16-2)6-14-7-9(11)5-13-14/h5,7-8H,3-4,6H2,1-2H3,(H,12,15)/t8-/m1/s1. The number of nitrogens with zero attached hydrogens (tertiary/aromatic N) is 2. The van der Waals surface area contributed by atoms with Crippen molar-refractivity contribution in [3.63, 3.8) is 0 Å². The molecule has 0 aliphatic heterocycles. The molecule has 0 unspecified atom stereocenters. The van der Waals surface area contributed by atoms with E-state index in [1.54, 1.807) is 18.0 Å². The second-order valence-corrected chi connectivity index (χ2v) is 4.48. The Balaban J connectivity index is 2.34. The summed E-state index contributed by atoms with van der Waals surface area (Å²) in [4.78, 5) is 11.6. The van der Waals surface area contributed by atoms with Crippen molar-refractivity contribution in [2.45, 2.75) is 13.5 Å². The van der Waals surface area contributed by atoms with Gasteiger partial charge >= 0.3 is 0 Å². The van der Waals surface area contributed by atoms with Crippen molar-refractivity contribution in [3.05, 3.63) is 16.9 Å². The maximum Gasteiger partial charge on any atom is 0.224 e. The van der Waals surface area contributed by atoms with Gasteiger partial charge in [0.1, 0.15) is 0 Å². The highest BCUT2D eigenvalue weighted by atomic mass is 79.9. The fourth-order valence-electron chi connectivity index (χ4n) is 1.25. The Bertz CT molecular complexity index is 341. The van der Waals surface area contributed by atoms with Gasteiger partial charge in [-0.1, -0.05) is 6.92 Å². The molecule has 0 spiro atoms. The van der Waals surface area contributed by atoms with Crippen LogP contribution in [0.25, 0.3) is 0 Å². The lowest BCUT2D eigenvalue weighted by Gasteiger charge is -2.11. The molecule has 0 saturated carbocycles. The van der Waals surface area contributed by atoms with E-state index in [9.17, 15) is 4.79 Å². The summed E-state index contributed by atoms with van der Waals surface area (Å²) in [5.74, 6) is -0.0904. The molecular weight excluding hydrogens is 274 g/mol. The van der Waals surface area contributed by atoms with Gasteiger partial charge in [-0.3, -0.25) is 9.48 Å². The van der Waals surface area contributed by atoms with Crippen LogP contribution in [0, 0.1) is 5.92 Å². The van der Waals surface area contributed by atoms with Gasteiger partial charge in [-0.25, -0.2) is 0 Å². The fraction of sp³-hybridized carbons (Fsp3) is 0.600. The molecule has 5 nitrogen and oxygen atoms in total. The molecule has 6 heteroatoms. The third-order valence-corrected chi connectivity index (χ3v) is 2.53. The van der Waals surface area contributed by atoms with E-state index in [4.69, 9.17) is 4.74 Å². The van der Waals surface area contributed by atoms with Gasteiger partial charge in [0, 0.05) is 19.9 Å². The molecule has 16 heavy (non-hydrogen) atoms. The number of hydrogen-bond donors (Lipinski definition) is 1. The first-order valence-corrected chi connectivity index (χ1v) is 5.87. The third-order valence-electron chi connectivity index (χ3n) is 2.12. The minimum atomic E-state index is -0.108. The fourth-order valence-corrected chi connectivity index (χ4v) is 1.58. The number of ether oxygens (including phenoxy) is 1. The topological polar surface area (TPSA) is 56.1 Å². The molecule has 90 valence electrons. The van der Waals surface area contributed by atoms with Crippen LogP contribution in [0.4, 0.5) is 0 Å². The maximum atomic E-state index is 11.6. The van der Waals surface area contributed by atoms with Crippen molar-refractivity contribution in [2.75, 3.05) is 20.3 Å². The number of amides is 1. The number of rotatable bonds is 6. The molecular formula is C10H16BrN3O2. The number of nitrogens with one attached hydrogen (secondary N) is 1. The van der Waals surface area contributed by atoms with E-state index in [1.165, 1.54) is 0 Å². The summed E-state index contributed by atoms with van der Waals surface area (Å²) in [6.45, 7) is 3.52. The normalized spacial score (nSPS) is 12.4. The second-order valence-electron chi connectivity index (χ2n) is 3.57. The number of methoxy groups -OCH3 is 1. The molecule has 0 bridgehead atoms. The van der Waals surface area contributed by atoms with Gasteiger partial charge in [-0.15, -0.1) is 0 Å². The second kappa shape index (κ2) is 6.65. The first kappa shape index (κ1) is 13.2. The first-order valence-electron chi connectivity index (χ1n) is 5.08. The van der Waals surface area contributed by atoms with Crippen molar-refractivity contribution in [3.8, 4) is 0 Å². The Hall–Kier alpha value is -0.880. The lowest BCUT2D eigenvalue weighted by molar-refractivity contribution is -0.125. The Kier molecular flexibility index (Phi) is 5.48. The molecule has 1 amide bonds. The molecule has 1 aromatic rings. The van der Waals surface area contributed by atoms with Crippen LogP contribution in [0.5, 0.6) is 0 Å². The zero-order valence-corrected chi connectivity index (χ0v) is 11.0. The number of hydrogen-bond acceptors (Lipinski definition) is 3. The molecule has 0 aliphatic carbocycles. The highest BCUT2D eigenvalue weighted by Gasteiger charge is 2.13. The SMILES string of the molecule is COCCNC(=O)[C@H](C)Cn1cc(Br)cn1. The molecule has 1 N–H and O–H groups in total. The number of aromatic nitrogens is 2. The van der Waals surface area contributed by atoms with E-state index in [0.29, 0.717) is 19.7 Å². The van der Waals surface area contributed by atoms with E-state index >= 15 is 0 Å². The highest BCUT2D eigenvalue weighted by Crippen LogP contribution is 2.08. The van der Waals surface area contributed by atoms with Gasteiger partial charge in [0.25, 0.3) is 0 Å². The van der Waals surface area contributed by atoms with Crippen LogP contribution in [-0.4, -0.2) is 35.9 Å². The van der Waals surface area contributed by atoms with Crippen molar-refractivity contribution in [1.29, 1.82) is 0 Å². The Morgan fingerprint density at radius 1 is 1.75 bits per heavy atom. The quantitative estimate of drug-likeness (QED) is 0.797. The van der Waals surface area contributed by atoms with E-state index in [2.05, 4.69) is 26.3 Å². The smallest absolute Gasteiger partial charge is 0.224 e. The summed E-state index contributed by atoms with van der Waals surface area (Å²) in [6.07, 6.45) is 3.55. The predicted molar refractivity (Wildman–Crippen MR) is 64.0 cm³/mol. The van der Waals surface area contributed by atoms with Crippen LogP contribution in [0.1, 0.15) is 6.92 Å². The minimum absolute atomic E-state index is 0.0173. The van der Waals surface area contributed by atoms with Crippen LogP contribution in [0.2, 0.25) is 0 Å². The van der Waals surface area contributed by atoms with Crippen LogP contribution in [0.15, 0.2) is 16.9 Å². The molecule has 0 saturated heterocycles. The summed E-state index contributed by atoms with van der Waals surface area (Å²) in [7, 11) is 1.61. The van der Waals surface area contributed by atoms with Crippen LogP contribution < -0.4 is 5.32 Å². The average Bonchev–Trinajstić information content (AvgIpc) is 2.64. The van der Waals surface area contributed by atoms with E-state index in [1.807, 2.05) is 13.1 Å². The van der Waals surface area contributed by atoms with Gasteiger partial charge in [-0.05, 0) is 15.9 Å². The average molecular weight is 290 g/mol. The first-order chi connectivity index (χ1) is 7.63. The molecule has 0 aromatic carbocycles. The molecule has 0 fully saturated rings. The lowest BCUT2D eigenvalue weighted by atomic mass is 10.1. The van der Waals surface area contributed by atoms with Gasteiger partial charge < -0.3 is 10.1 Å². The van der Waals surface area contributed by atoms with E-state index < -0.39 is 0 Å². The molecule has 0 aliphatic rings. The number of carbonyl (C=O) groups is 1. The lowest BCUT2D eigenvalue weighted by Crippen LogP contribution is -2.33. The Morgan fingerprint density at radius 3 is 3.06 bits per heavy atom. The van der Waals surface area contributed by atoms with Gasteiger partial charge in [-0.2, -0.15) is 5.10 Å². The Labute approximate surface area is 103 Å². The summed E-state index contributed by atoms with van der Waals surface area (Å²) in [5, 5.41) is 6.89. The summed E-state index contributed by atoms with van der Waals surface area (Å²) >= 11 is 3.31. The number of carbonyl (C=O) groups excluding carboxylic acids is 1. The van der Waals surface area contributed by atoms with E-state index in [0.717, 1.165) is 4.47 Å². The number of halogens is 1. The maximum absolute atomic E-state index is 11.6. The van der Waals surface area contributed by atoms with Crippen molar-refractivity contribution >= 4 is 21.8 Å². The largest absolute Gasteiger partial charge is 0.383 e. The van der Waals surface area contributed by atoms with Crippen molar-refractivity contribution < 1.29 is 9.53 Å². The van der Waals surface area contributed by atoms with Gasteiger partial charge in [0.15, 0.2) is 0 Å². The van der Waals surface area contributed by atoms with Gasteiger partial charge in [0.05, 0.1) is 29.7 Å². The molecule has 1 atom stereocenters. The zero-order chi connectivity index (χ0) is 12.0. The van der Waals surface area contributed by atoms with E-state index in [-0.39, 0.29) is 11.8 Å². The summed E-state index contributed by atoms with van der Waals surface area (Å²) in [5.41, 5.74) is 0. The molecule has 1 heterocycles. The van der Waals surface area contributed by atoms with Crippen LogP contribution in [0.3, 0.4) is 0 Å². The molecule has 1 aromatic heterocycles. The monoisotopic (exact) mass is 289 g/mol. The van der Waals surface area contributed by atoms with Crippen LogP contribution in [-0.2, 0) is 16.1 Å². The van der Waals surface area contributed by atoms with Gasteiger partial charge in [0.2, 0.25) is 5.91 Å². The molecule has 1 rings (SSSR count). The Morgan fingerprint density at radius 2 is 2.50 bits per heavy atom. The zero-order valence-electron chi connectivity index (χ0n) is 9.44. The van der Waals surface area contributed by atoms with Crippen molar-refractivity contribution in [2.24, 2.45) is 5.92 Å². The third kappa shape index (κ3) is 4.32. The summed E-state index contributed by atoms with van der Waals surface area (Å²) in [6, 6.07) is 0. The summed E-state index contributed by atoms with van der Waals surface area (Å²) < 4.78 is 7.51. The van der Waals surface area contributed by atoms with Crippen molar-refractivity contribution in [1.82, 2.24) is 15.1 Å². The highest BCUT2D eigenvalue weighted by molar-refractivity contribution is 9.10.